The maximum atomic E-state index is 13.7. The quantitative estimate of drug-likeness (QED) is 0.0135. The first kappa shape index (κ1) is 99.9. The zero-order chi connectivity index (χ0) is 88.9. The van der Waals surface area contributed by atoms with E-state index in [0.717, 1.165) is 44.7 Å². The molecule has 0 radical (unpaired) electrons. The van der Waals surface area contributed by atoms with E-state index in [1.54, 1.807) is 0 Å². The number of hydrogen-bond acceptors (Lipinski definition) is 34. The fourth-order valence-corrected chi connectivity index (χ4v) is 17.0. The van der Waals surface area contributed by atoms with Crippen LogP contribution in [0.25, 0.3) is 10.8 Å². The lowest BCUT2D eigenvalue weighted by molar-refractivity contribution is -0.433. The normalized spacial score (nSPS) is 33.1. The molecule has 0 bridgehead atoms. The number of unbranched alkanes of at least 4 members (excludes halogenated alkanes) is 4. The number of hydrogen-bond donors (Lipinski definition) is 18. The Morgan fingerprint density at radius 2 is 0.927 bits per heavy atom. The summed E-state index contributed by atoms with van der Waals surface area (Å²) >= 11 is 0. The van der Waals surface area contributed by atoms with E-state index < -0.39 is 195 Å². The van der Waals surface area contributed by atoms with Crippen molar-refractivity contribution in [1.82, 2.24) is 5.32 Å². The topological polar surface area (TPSA) is 543 Å². The number of rotatable bonds is 48. The molecule has 0 unspecified atom stereocenters. The first-order valence-electron chi connectivity index (χ1n) is 42.6. The Kier molecular flexibility index (Phi) is 38.5. The lowest BCUT2D eigenvalue weighted by atomic mass is 9.80. The number of aliphatic hydroxyl groups is 16. The van der Waals surface area contributed by atoms with Crippen molar-refractivity contribution in [3.63, 3.8) is 0 Å². The molecule has 38 heteroatoms. The van der Waals surface area contributed by atoms with Gasteiger partial charge in [0.2, 0.25) is 11.6 Å². The van der Waals surface area contributed by atoms with Crippen molar-refractivity contribution in [2.75, 3.05) is 123 Å². The van der Waals surface area contributed by atoms with Crippen molar-refractivity contribution in [3.05, 3.63) is 107 Å². The summed E-state index contributed by atoms with van der Waals surface area (Å²) in [5.41, 5.74) is 6.60. The van der Waals surface area contributed by atoms with Crippen LogP contribution in [-0.4, -0.2) is 382 Å². The maximum Gasteiger partial charge on any atom is 0.264 e. The highest BCUT2D eigenvalue weighted by molar-refractivity contribution is 7.85. The summed E-state index contributed by atoms with van der Waals surface area (Å²) in [6.45, 7) is 8.58. The smallest absolute Gasteiger partial charge is 0.264 e. The maximum absolute atomic E-state index is 13.7. The number of carbonyl (C=O) groups is 1. The summed E-state index contributed by atoms with van der Waals surface area (Å²) in [6, 6.07) is 18.8. The lowest BCUT2D eigenvalue weighted by Gasteiger charge is -2.46. The summed E-state index contributed by atoms with van der Waals surface area (Å²) in [5.74, 6) is -0.453. The minimum atomic E-state index is -4.09. The fraction of sp³-hybridized carbons (Fsp3) is 0.718. The Labute approximate surface area is 716 Å². The van der Waals surface area contributed by atoms with E-state index in [2.05, 4.69) is 98.0 Å². The highest BCUT2D eigenvalue weighted by atomic mass is 32.2. The van der Waals surface area contributed by atoms with Crippen molar-refractivity contribution >= 4 is 43.9 Å². The molecule has 694 valence electrons. The Hall–Kier alpha value is -5.21. The number of aliphatic hydroxyl groups excluding tert-OH is 16. The third-order valence-electron chi connectivity index (χ3n) is 23.5. The molecular formula is C85H130N3O34S+. The van der Waals surface area contributed by atoms with E-state index in [0.29, 0.717) is 58.2 Å². The second-order valence-corrected chi connectivity index (χ2v) is 34.6. The van der Waals surface area contributed by atoms with Gasteiger partial charge in [-0.3, -0.25) is 9.35 Å². The van der Waals surface area contributed by atoms with Crippen LogP contribution in [0, 0.1) is 0 Å². The van der Waals surface area contributed by atoms with E-state index >= 15 is 0 Å². The van der Waals surface area contributed by atoms with Gasteiger partial charge >= 0.3 is 0 Å². The fourth-order valence-electron chi connectivity index (χ4n) is 16.5. The molecule has 7 heterocycles. The Morgan fingerprint density at radius 3 is 1.43 bits per heavy atom. The molecule has 25 atom stereocenters. The molecule has 0 saturated carbocycles. The zero-order valence-corrected chi connectivity index (χ0v) is 71.2. The minimum Gasteiger partial charge on any atom is -0.394 e. The molecule has 7 aliphatic heterocycles. The highest BCUT2D eigenvalue weighted by Gasteiger charge is 2.52. The number of nitrogens with zero attached hydrogens (tertiary/aromatic N) is 2. The molecule has 37 nitrogen and oxygen atoms in total. The molecule has 0 aliphatic carbocycles. The molecule has 1 amide bonds. The van der Waals surface area contributed by atoms with Gasteiger partial charge in [-0.2, -0.15) is 13.0 Å². The van der Waals surface area contributed by atoms with Crippen molar-refractivity contribution < 1.29 is 170 Å². The van der Waals surface area contributed by atoms with Gasteiger partial charge in [0, 0.05) is 80.6 Å². The van der Waals surface area contributed by atoms with Crippen molar-refractivity contribution in [2.45, 2.75) is 270 Å². The first-order valence-corrected chi connectivity index (χ1v) is 44.2. The van der Waals surface area contributed by atoms with Crippen LogP contribution in [0.5, 0.6) is 0 Å². The summed E-state index contributed by atoms with van der Waals surface area (Å²) in [6.07, 6.45) is -22.5. The molecule has 5 saturated heterocycles. The van der Waals surface area contributed by atoms with Crippen LogP contribution in [0.4, 0.5) is 11.4 Å². The number of nitrogens with one attached hydrogen (secondary N) is 1. The average Bonchev–Trinajstić information content (AvgIpc) is 1.59. The van der Waals surface area contributed by atoms with Gasteiger partial charge in [-0.1, -0.05) is 75.2 Å². The number of benzene rings is 3. The van der Waals surface area contributed by atoms with Crippen LogP contribution in [0.3, 0.4) is 0 Å². The number of anilines is 1. The third-order valence-corrected chi connectivity index (χ3v) is 24.3. The Morgan fingerprint density at radius 1 is 0.472 bits per heavy atom. The van der Waals surface area contributed by atoms with Gasteiger partial charge in [-0.15, -0.1) is 0 Å². The molecule has 3 aromatic rings. The van der Waals surface area contributed by atoms with Crippen LogP contribution in [0.1, 0.15) is 116 Å². The second-order valence-electron chi connectivity index (χ2n) is 33.0. The number of carbonyl (C=O) groups excluding carboxylic acids is 1. The standard InChI is InChI=1S/C85H129N3O34S/c1-6-87-54-27-26-49(40-52(54)84(2,3)61(87)24-10-9-11-25-62-85(4,5)53-42-50-22-12-13-23-51(50)43-55(53)88(62)29-15-17-39-123(106,107)108)41-63(93)86-28-14-7-8-16-31-117-83-78(112-34-21-38-116-82-75(105)71(101)67(97)59(47-92)121-82)77(111-33-20-37-115-81-74(104)70(100)66(96)58(46-91)120-81)76(110-32-19-36-114-80-73(103)69(99)65(95)57(45-90)119-80)60(122-83)48-109-30-18-35-113-79-72(102)68(98)64(94)56(44-89)118-79/h9-13,22-27,40,42-43,56-60,64-83,89-92,94-105H,6-8,14-21,28-39,41,44-48H2,1-5H3,(H-,86,93,106,107,108)/p+1/t56-,57-,58-,59-,60-,64-,65-,66-,67-,68+,69+,70+,71+,72+,73+,74+,75+,76-,77+,78-,79+,80+,81+,82+,83-/m1/s1. The molecule has 0 spiro atoms. The number of amides is 1. The van der Waals surface area contributed by atoms with Crippen molar-refractivity contribution in [1.29, 1.82) is 0 Å². The highest BCUT2D eigenvalue weighted by Crippen LogP contribution is 2.50. The predicted molar refractivity (Wildman–Crippen MR) is 438 cm³/mol. The predicted octanol–water partition coefficient (Wildman–Crippen LogP) is -1.34. The molecular weight excluding hydrogens is 1640 g/mol. The first-order chi connectivity index (χ1) is 58.9. The number of ether oxygens (including phenoxy) is 14. The van der Waals surface area contributed by atoms with Gasteiger partial charge in [0.1, 0.15) is 129 Å². The van der Waals surface area contributed by atoms with Crippen molar-refractivity contribution in [2.24, 2.45) is 0 Å². The lowest BCUT2D eigenvalue weighted by Crippen LogP contribution is -2.62. The molecule has 123 heavy (non-hydrogen) atoms. The molecule has 18 N–H and O–H groups in total. The van der Waals surface area contributed by atoms with E-state index in [9.17, 15) is 99.5 Å². The third kappa shape index (κ3) is 25.7. The van der Waals surface area contributed by atoms with Crippen LogP contribution >= 0.6 is 0 Å². The Balaban J connectivity index is 0.787. The van der Waals surface area contributed by atoms with Gasteiger partial charge in [0.05, 0.1) is 77.1 Å². The SMILES string of the molecule is CC[N+]1=C(/C=C/C=C/C=C2\N(CCCCS(=O)(=O)O)c3cc4ccccc4cc3C2(C)C)C(C)(C)c2cc(CC(=O)NCCCCCCO[C@@H]3O[C@H](COCCCO[C@H]4O[C@H](CO)[C@@H](O)[C@H](O)[C@@H]4O)[C@@H](OCCCO[C@H]4O[C@H](CO)[C@@H](O)[C@H](O)[C@@H]4O)[C@H](OCCCO[C@H]4O[C@H](CO)[C@@H](O)[C@H](O)[C@@H]4O)[C@H]3OCCCO[C@H]3O[C@H](CO)[C@@H](O)[C@H](O)[C@@H]3O)ccc21. The average molecular weight is 1770 g/mol. The Bertz CT molecular complexity index is 4000. The largest absolute Gasteiger partial charge is 0.394 e. The summed E-state index contributed by atoms with van der Waals surface area (Å²) in [5, 5.41) is 171. The summed E-state index contributed by atoms with van der Waals surface area (Å²) in [7, 11) is -4.09. The van der Waals surface area contributed by atoms with Gasteiger partial charge in [0.25, 0.3) is 10.1 Å². The van der Waals surface area contributed by atoms with Crippen LogP contribution in [0.2, 0.25) is 0 Å². The molecule has 3 aromatic carbocycles. The van der Waals surface area contributed by atoms with E-state index in [1.165, 1.54) is 5.56 Å². The van der Waals surface area contributed by atoms with Crippen molar-refractivity contribution in [3.8, 4) is 0 Å². The van der Waals surface area contributed by atoms with Gasteiger partial charge < -0.3 is 158 Å². The second kappa shape index (κ2) is 47.4. The van der Waals surface area contributed by atoms with E-state index in [1.807, 2.05) is 36.4 Å². The number of allylic oxidation sites excluding steroid dienone is 6. The van der Waals surface area contributed by atoms with Crippen LogP contribution in [-0.2, 0) is 98.5 Å². The molecule has 7 aliphatic rings. The van der Waals surface area contributed by atoms with E-state index in [4.69, 9.17) is 66.3 Å². The van der Waals surface area contributed by atoms with Gasteiger partial charge in [0.15, 0.2) is 37.2 Å². The minimum absolute atomic E-state index is 0.0208. The van der Waals surface area contributed by atoms with E-state index in [-0.39, 0.29) is 115 Å². The summed E-state index contributed by atoms with van der Waals surface area (Å²) < 4.78 is 120. The van der Waals surface area contributed by atoms with Crippen LogP contribution < -0.4 is 10.2 Å². The monoisotopic (exact) mass is 1770 g/mol. The van der Waals surface area contributed by atoms with Gasteiger partial charge in [-0.05, 0) is 118 Å². The molecule has 0 aromatic heterocycles. The molecule has 10 rings (SSSR count). The van der Waals surface area contributed by atoms with Crippen LogP contribution in [0.15, 0.2) is 90.7 Å². The van der Waals surface area contributed by atoms with Gasteiger partial charge in [-0.25, -0.2) is 0 Å². The summed E-state index contributed by atoms with van der Waals surface area (Å²) in [4.78, 5) is 16.0. The number of fused-ring (bicyclic) bond motifs is 3. The molecule has 5 fully saturated rings. The zero-order valence-electron chi connectivity index (χ0n) is 70.4.